The normalized spacial score (nSPS) is 12.4. The molecule has 0 aliphatic heterocycles. The van der Waals surface area contributed by atoms with Crippen molar-refractivity contribution in [2.45, 2.75) is 231 Å². The van der Waals surface area contributed by atoms with Gasteiger partial charge in [0.2, 0.25) is 0 Å². The van der Waals surface area contributed by atoms with Gasteiger partial charge in [-0.05, 0) is 83.6 Å². The number of unbranched alkanes of at least 4 members (excludes halogenated alkanes) is 22. The van der Waals surface area contributed by atoms with Crippen LogP contribution in [0.25, 0.3) is 0 Å². The molecule has 2 unspecified atom stereocenters. The van der Waals surface area contributed by atoms with Crippen LogP contribution in [0.4, 0.5) is 0 Å². The highest BCUT2D eigenvalue weighted by Crippen LogP contribution is 2.20. The zero-order valence-corrected chi connectivity index (χ0v) is 43.2. The number of ether oxygens (including phenoxy) is 5. The summed E-state index contributed by atoms with van der Waals surface area (Å²) in [4.78, 5) is 62.0. The fourth-order valence-corrected chi connectivity index (χ4v) is 8.53. The Balaban J connectivity index is 4.51. The van der Waals surface area contributed by atoms with Gasteiger partial charge >= 0.3 is 29.8 Å². The zero-order chi connectivity index (χ0) is 48.4. The molecule has 0 bridgehead atoms. The molecule has 4 N–H and O–H groups in total. The molecule has 384 valence electrons. The van der Waals surface area contributed by atoms with Gasteiger partial charge in [0.1, 0.15) is 32.5 Å². The predicted molar refractivity (Wildman–Crippen MR) is 273 cm³/mol. The van der Waals surface area contributed by atoms with Gasteiger partial charge in [-0.25, -0.2) is 0 Å². The lowest BCUT2D eigenvalue weighted by atomic mass is 10.1. The van der Waals surface area contributed by atoms with E-state index in [0.717, 1.165) is 70.6 Å². The molecule has 0 saturated carbocycles. The van der Waals surface area contributed by atoms with Gasteiger partial charge in [0.15, 0.2) is 6.10 Å². The largest absolute Gasteiger partial charge is 0.465 e. The molecule has 0 amide bonds. The van der Waals surface area contributed by atoms with Crippen LogP contribution in [0.1, 0.15) is 219 Å². The van der Waals surface area contributed by atoms with Crippen molar-refractivity contribution in [1.82, 2.24) is 0 Å². The van der Waals surface area contributed by atoms with Crippen LogP contribution < -0.4 is 11.5 Å². The van der Waals surface area contributed by atoms with Crippen LogP contribution in [0.2, 0.25) is 0 Å². The Labute approximate surface area is 409 Å². The second kappa shape index (κ2) is 50.3. The Kier molecular flexibility index (Phi) is 48.4. The quantitative estimate of drug-likeness (QED) is 0.0193. The van der Waals surface area contributed by atoms with Crippen molar-refractivity contribution in [2.75, 3.05) is 44.5 Å². The van der Waals surface area contributed by atoms with Gasteiger partial charge in [0, 0.05) is 24.3 Å². The summed E-state index contributed by atoms with van der Waals surface area (Å²) in [5, 5.41) is 0. The fraction of sp³-hybridized carbons (Fsp3) is 0.827. The highest BCUT2D eigenvalue weighted by Gasteiger charge is 2.20. The molecular formula is C52H94N2O10S2. The Morgan fingerprint density at radius 2 is 0.833 bits per heavy atom. The van der Waals surface area contributed by atoms with Crippen molar-refractivity contribution in [3.8, 4) is 0 Å². The number of allylic oxidation sites excluding steroid dienone is 4. The third kappa shape index (κ3) is 46.6. The van der Waals surface area contributed by atoms with Crippen LogP contribution in [-0.2, 0) is 47.7 Å². The van der Waals surface area contributed by atoms with Gasteiger partial charge in [-0.2, -0.15) is 0 Å². The first-order valence-electron chi connectivity index (χ1n) is 26.1. The number of rotatable bonds is 49. The zero-order valence-electron chi connectivity index (χ0n) is 41.6. The van der Waals surface area contributed by atoms with Crippen molar-refractivity contribution in [1.29, 1.82) is 0 Å². The minimum atomic E-state index is -0.944. The van der Waals surface area contributed by atoms with Crippen LogP contribution in [0.5, 0.6) is 0 Å². The molecule has 14 heteroatoms. The van der Waals surface area contributed by atoms with E-state index in [-0.39, 0.29) is 58.1 Å². The third-order valence-electron chi connectivity index (χ3n) is 10.9. The molecule has 0 aromatic carbocycles. The number of carbonyl (C=O) groups is 5. The molecule has 2 atom stereocenters. The minimum absolute atomic E-state index is 0.159. The highest BCUT2D eigenvalue weighted by molar-refractivity contribution is 8.76. The van der Waals surface area contributed by atoms with Gasteiger partial charge < -0.3 is 35.2 Å². The second-order valence-electron chi connectivity index (χ2n) is 17.2. The highest BCUT2D eigenvalue weighted by atomic mass is 33.1. The van der Waals surface area contributed by atoms with E-state index >= 15 is 0 Å². The van der Waals surface area contributed by atoms with E-state index in [1.807, 2.05) is 0 Å². The van der Waals surface area contributed by atoms with Crippen molar-refractivity contribution >= 4 is 51.4 Å². The van der Waals surface area contributed by atoms with Crippen molar-refractivity contribution < 1.29 is 47.7 Å². The first-order chi connectivity index (χ1) is 32.2. The molecule has 12 nitrogen and oxygen atoms in total. The van der Waals surface area contributed by atoms with E-state index in [0.29, 0.717) is 37.3 Å². The average molecular weight is 971 g/mol. The first kappa shape index (κ1) is 63.5. The molecule has 0 saturated heterocycles. The van der Waals surface area contributed by atoms with Crippen LogP contribution >= 0.6 is 21.6 Å². The van der Waals surface area contributed by atoms with E-state index in [4.69, 9.17) is 35.2 Å². The molecule has 0 aliphatic carbocycles. The third-order valence-corrected chi connectivity index (χ3v) is 13.3. The van der Waals surface area contributed by atoms with Crippen molar-refractivity contribution in [3.05, 3.63) is 24.3 Å². The molecule has 0 heterocycles. The van der Waals surface area contributed by atoms with Gasteiger partial charge in [-0.15, -0.1) is 0 Å². The number of hydrogen-bond acceptors (Lipinski definition) is 14. The van der Waals surface area contributed by atoms with Gasteiger partial charge in [-0.1, -0.05) is 162 Å². The summed E-state index contributed by atoms with van der Waals surface area (Å²) < 4.78 is 26.8. The van der Waals surface area contributed by atoms with E-state index in [1.165, 1.54) is 111 Å². The standard InChI is InChI=1S/C52H94N2O10S2/c1-3-5-7-9-11-13-15-17-19-21-23-25-27-29-31-35-48(55)62-44-46(64-51(58)36-32-30-28-26-24-22-20-18-16-14-12-10-8-6-4-2)45-63-50(57)38-37-49(56)60-40-42-65-66-43-41-61-52(59)47(54)34-33-39-53/h17-20,46-47H,3-16,21-45,53-54H2,1-2H3/b19-17-,20-18-. The monoisotopic (exact) mass is 971 g/mol. The van der Waals surface area contributed by atoms with Crippen LogP contribution in [0.3, 0.4) is 0 Å². The summed E-state index contributed by atoms with van der Waals surface area (Å²) in [6.07, 6.45) is 39.8. The second-order valence-corrected chi connectivity index (χ2v) is 19.9. The molecule has 0 fully saturated rings. The number of hydrogen-bond donors (Lipinski definition) is 2. The lowest BCUT2D eigenvalue weighted by molar-refractivity contribution is -0.167. The lowest BCUT2D eigenvalue weighted by Gasteiger charge is -2.18. The summed E-state index contributed by atoms with van der Waals surface area (Å²) >= 11 is 0. The summed E-state index contributed by atoms with van der Waals surface area (Å²) in [5.41, 5.74) is 11.2. The summed E-state index contributed by atoms with van der Waals surface area (Å²) in [6.45, 7) is 4.86. The summed E-state index contributed by atoms with van der Waals surface area (Å²) in [7, 11) is 2.95. The molecule has 0 aliphatic rings. The lowest BCUT2D eigenvalue weighted by Crippen LogP contribution is -2.33. The summed E-state index contributed by atoms with van der Waals surface area (Å²) in [5.74, 6) is -1.35. The van der Waals surface area contributed by atoms with Gasteiger partial charge in [-0.3, -0.25) is 24.0 Å². The Bertz CT molecular complexity index is 1240. The number of nitrogens with two attached hydrogens (primary N) is 2. The maximum absolute atomic E-state index is 12.8. The predicted octanol–water partition coefficient (Wildman–Crippen LogP) is 12.4. The van der Waals surface area contributed by atoms with E-state index < -0.39 is 36.0 Å². The van der Waals surface area contributed by atoms with E-state index in [9.17, 15) is 24.0 Å². The minimum Gasteiger partial charge on any atom is -0.465 e. The Hall–Kier alpha value is -2.55. The smallest absolute Gasteiger partial charge is 0.322 e. The SMILES string of the molecule is CCCCCCCC/C=C\CCCCCCCC(=O)OCC(COC(=O)CCC(=O)OCCSSCCOC(=O)C(N)CCCN)OC(=O)CCCCCCC/C=C\CCCCCCCC. The maximum atomic E-state index is 12.8. The van der Waals surface area contributed by atoms with Gasteiger partial charge in [0.05, 0.1) is 12.8 Å². The molecule has 66 heavy (non-hydrogen) atoms. The fourth-order valence-electron chi connectivity index (χ4n) is 6.88. The average Bonchev–Trinajstić information content (AvgIpc) is 3.31. The van der Waals surface area contributed by atoms with E-state index in [2.05, 4.69) is 38.2 Å². The topological polar surface area (TPSA) is 184 Å². The van der Waals surface area contributed by atoms with Gasteiger partial charge in [0.25, 0.3) is 0 Å². The van der Waals surface area contributed by atoms with Crippen LogP contribution in [-0.4, -0.2) is 86.5 Å². The summed E-state index contributed by atoms with van der Waals surface area (Å²) in [6, 6.07) is -0.666. The first-order valence-corrected chi connectivity index (χ1v) is 28.5. The van der Waals surface area contributed by atoms with E-state index in [1.54, 1.807) is 0 Å². The Morgan fingerprint density at radius 1 is 0.455 bits per heavy atom. The number of esters is 5. The van der Waals surface area contributed by atoms with Crippen LogP contribution in [0.15, 0.2) is 24.3 Å². The molecule has 0 spiro atoms. The van der Waals surface area contributed by atoms with Crippen molar-refractivity contribution in [2.24, 2.45) is 11.5 Å². The molecule has 0 radical (unpaired) electrons. The maximum Gasteiger partial charge on any atom is 0.322 e. The molecular weight excluding hydrogens is 877 g/mol. The van der Waals surface area contributed by atoms with Crippen molar-refractivity contribution in [3.63, 3.8) is 0 Å². The Morgan fingerprint density at radius 3 is 1.29 bits per heavy atom. The number of carbonyl (C=O) groups excluding carboxylic acids is 5. The molecule has 0 aromatic rings. The van der Waals surface area contributed by atoms with Crippen LogP contribution in [0, 0.1) is 0 Å². The molecule has 0 rings (SSSR count). The molecule has 0 aromatic heterocycles.